The summed E-state index contributed by atoms with van der Waals surface area (Å²) in [5, 5.41) is 0. The van der Waals surface area contributed by atoms with Gasteiger partial charge >= 0.3 is 0 Å². The maximum absolute atomic E-state index is 5.45. The number of hydrogen-bond acceptors (Lipinski definition) is 1. The Hall–Kier alpha value is 0.583. The molecule has 0 unspecified atom stereocenters. The van der Waals surface area contributed by atoms with Crippen molar-refractivity contribution in [2.75, 3.05) is 6.54 Å². The number of rotatable bonds is 12. The van der Waals surface area contributed by atoms with E-state index in [1.165, 1.54) is 77.0 Å². The van der Waals surface area contributed by atoms with Crippen LogP contribution in [0, 0.1) is 0 Å². The van der Waals surface area contributed by atoms with Crippen LogP contribution in [0.5, 0.6) is 0 Å². The van der Waals surface area contributed by atoms with E-state index >= 15 is 0 Å². The van der Waals surface area contributed by atoms with Crippen molar-refractivity contribution in [2.24, 2.45) is 5.73 Å². The van der Waals surface area contributed by atoms with Crippen molar-refractivity contribution in [3.05, 3.63) is 0 Å². The number of nitrogens with two attached hydrogens (primary N) is 1. The molecule has 0 aliphatic heterocycles. The molecule has 0 aromatic carbocycles. The molecular weight excluding hydrogens is 285 g/mol. The molecule has 0 fully saturated rings. The van der Waals surface area contributed by atoms with E-state index in [0.29, 0.717) is 0 Å². The maximum atomic E-state index is 5.45. The van der Waals surface area contributed by atoms with Crippen LogP contribution in [0.4, 0.5) is 0 Å². The molecule has 0 spiro atoms. The predicted molar refractivity (Wildman–Crippen MR) is 70.1 cm³/mol. The summed E-state index contributed by atoms with van der Waals surface area (Å²) in [4.78, 5) is 0. The van der Waals surface area contributed by atoms with E-state index in [9.17, 15) is 0 Å². The maximum Gasteiger partial charge on any atom is 0 e. The topological polar surface area (TPSA) is 26.0 Å². The summed E-state index contributed by atoms with van der Waals surface area (Å²) in [5.74, 6) is 0. The first-order valence-electron chi connectivity index (χ1n) is 7.12. The molecule has 2 N–H and O–H groups in total. The molecular formula is C14H31NRh. The second kappa shape index (κ2) is 18.0. The Kier molecular flexibility index (Phi) is 21.3. The van der Waals surface area contributed by atoms with E-state index in [1.807, 2.05) is 0 Å². The van der Waals surface area contributed by atoms with Gasteiger partial charge in [-0.1, -0.05) is 77.6 Å². The van der Waals surface area contributed by atoms with Crippen molar-refractivity contribution < 1.29 is 19.5 Å². The van der Waals surface area contributed by atoms with Crippen LogP contribution in [-0.2, 0) is 19.5 Å². The summed E-state index contributed by atoms with van der Waals surface area (Å²) in [6.45, 7) is 3.15. The van der Waals surface area contributed by atoms with Gasteiger partial charge in [0, 0.05) is 19.5 Å². The normalized spacial score (nSPS) is 10.1. The Bertz CT molecular complexity index is 94.9. The number of hydrogen-bond donors (Lipinski definition) is 1. The van der Waals surface area contributed by atoms with Crippen molar-refractivity contribution in [1.82, 2.24) is 0 Å². The fraction of sp³-hybridized carbons (Fsp3) is 1.00. The molecule has 1 radical (unpaired) electrons. The monoisotopic (exact) mass is 316 g/mol. The smallest absolute Gasteiger partial charge is 0 e. The minimum atomic E-state index is 0. The standard InChI is InChI=1S/C14H31N.Rh/c1-2-3-4-5-6-7-8-9-10-11-12-13-14-15;/h2-15H2,1H3;. The summed E-state index contributed by atoms with van der Waals surface area (Å²) < 4.78 is 0. The minimum absolute atomic E-state index is 0. The third-order valence-corrected chi connectivity index (χ3v) is 3.06. The van der Waals surface area contributed by atoms with Crippen LogP contribution in [-0.4, -0.2) is 6.54 Å². The summed E-state index contributed by atoms with van der Waals surface area (Å²) in [7, 11) is 0. The molecule has 0 amide bonds. The molecule has 0 aromatic heterocycles. The van der Waals surface area contributed by atoms with Crippen LogP contribution in [0.25, 0.3) is 0 Å². The van der Waals surface area contributed by atoms with Gasteiger partial charge in [-0.05, 0) is 13.0 Å². The largest absolute Gasteiger partial charge is 0.330 e. The Labute approximate surface area is 116 Å². The Morgan fingerprint density at radius 2 is 0.875 bits per heavy atom. The Morgan fingerprint density at radius 1 is 0.562 bits per heavy atom. The van der Waals surface area contributed by atoms with Gasteiger partial charge in [0.1, 0.15) is 0 Å². The SMILES string of the molecule is CCCCCCCCCCCCCCN.[Rh]. The van der Waals surface area contributed by atoms with Gasteiger partial charge in [-0.15, -0.1) is 0 Å². The first-order chi connectivity index (χ1) is 7.41. The van der Waals surface area contributed by atoms with Crippen LogP contribution in [0.2, 0.25) is 0 Å². The Morgan fingerprint density at radius 3 is 1.19 bits per heavy atom. The molecule has 0 aliphatic rings. The van der Waals surface area contributed by atoms with Crippen molar-refractivity contribution in [3.8, 4) is 0 Å². The molecule has 2 heteroatoms. The molecule has 0 rings (SSSR count). The second-order valence-corrected chi connectivity index (χ2v) is 4.68. The molecule has 0 saturated heterocycles. The summed E-state index contributed by atoms with van der Waals surface area (Å²) in [6, 6.07) is 0. The molecule has 101 valence electrons. The fourth-order valence-corrected chi connectivity index (χ4v) is 1.99. The number of unbranched alkanes of at least 4 members (excludes halogenated alkanes) is 11. The zero-order chi connectivity index (χ0) is 11.2. The average molecular weight is 316 g/mol. The molecule has 0 aliphatic carbocycles. The van der Waals surface area contributed by atoms with E-state index in [1.54, 1.807) is 0 Å². The first kappa shape index (κ1) is 18.9. The molecule has 0 atom stereocenters. The van der Waals surface area contributed by atoms with Crippen LogP contribution in [0.15, 0.2) is 0 Å². The molecule has 1 nitrogen and oxygen atoms in total. The quantitative estimate of drug-likeness (QED) is 0.412. The predicted octanol–water partition coefficient (Wildman–Crippen LogP) is 4.64. The second-order valence-electron chi connectivity index (χ2n) is 4.68. The Balaban J connectivity index is 0. The van der Waals surface area contributed by atoms with Gasteiger partial charge in [0.2, 0.25) is 0 Å². The first-order valence-corrected chi connectivity index (χ1v) is 7.12. The zero-order valence-electron chi connectivity index (χ0n) is 11.1. The molecule has 0 heterocycles. The minimum Gasteiger partial charge on any atom is -0.330 e. The van der Waals surface area contributed by atoms with Gasteiger partial charge in [0.25, 0.3) is 0 Å². The van der Waals surface area contributed by atoms with Gasteiger partial charge in [-0.3, -0.25) is 0 Å². The third kappa shape index (κ3) is 17.0. The van der Waals surface area contributed by atoms with E-state index in [-0.39, 0.29) is 19.5 Å². The zero-order valence-corrected chi connectivity index (χ0v) is 12.7. The summed E-state index contributed by atoms with van der Waals surface area (Å²) in [5.41, 5.74) is 5.45. The van der Waals surface area contributed by atoms with E-state index in [2.05, 4.69) is 6.92 Å². The van der Waals surface area contributed by atoms with Crippen molar-refractivity contribution in [3.63, 3.8) is 0 Å². The fourth-order valence-electron chi connectivity index (χ4n) is 1.99. The van der Waals surface area contributed by atoms with Crippen LogP contribution >= 0.6 is 0 Å². The van der Waals surface area contributed by atoms with Gasteiger partial charge in [0.15, 0.2) is 0 Å². The van der Waals surface area contributed by atoms with Gasteiger partial charge < -0.3 is 5.73 Å². The van der Waals surface area contributed by atoms with Crippen molar-refractivity contribution >= 4 is 0 Å². The summed E-state index contributed by atoms with van der Waals surface area (Å²) in [6.07, 6.45) is 16.9. The molecule has 0 aromatic rings. The average Bonchev–Trinajstić information content (AvgIpc) is 2.26. The van der Waals surface area contributed by atoms with Crippen molar-refractivity contribution in [2.45, 2.75) is 84.0 Å². The van der Waals surface area contributed by atoms with Crippen LogP contribution in [0.1, 0.15) is 84.0 Å². The molecule has 16 heavy (non-hydrogen) atoms. The molecule has 0 bridgehead atoms. The van der Waals surface area contributed by atoms with Crippen LogP contribution < -0.4 is 5.73 Å². The van der Waals surface area contributed by atoms with E-state index in [0.717, 1.165) is 6.54 Å². The van der Waals surface area contributed by atoms with Gasteiger partial charge in [-0.25, -0.2) is 0 Å². The molecule has 0 saturated carbocycles. The van der Waals surface area contributed by atoms with Crippen LogP contribution in [0.3, 0.4) is 0 Å². The van der Waals surface area contributed by atoms with Crippen molar-refractivity contribution in [1.29, 1.82) is 0 Å². The third-order valence-electron chi connectivity index (χ3n) is 3.06. The summed E-state index contributed by atoms with van der Waals surface area (Å²) >= 11 is 0. The van der Waals surface area contributed by atoms with Gasteiger partial charge in [-0.2, -0.15) is 0 Å². The van der Waals surface area contributed by atoms with E-state index in [4.69, 9.17) is 5.73 Å². The van der Waals surface area contributed by atoms with E-state index < -0.39 is 0 Å². The van der Waals surface area contributed by atoms with Gasteiger partial charge in [0.05, 0.1) is 0 Å².